The summed E-state index contributed by atoms with van der Waals surface area (Å²) in [5, 5.41) is 13.0. The van der Waals surface area contributed by atoms with Gasteiger partial charge in [-0.25, -0.2) is 0 Å². The molecule has 1 aliphatic rings. The van der Waals surface area contributed by atoms with Crippen molar-refractivity contribution in [2.45, 2.75) is 38.5 Å². The number of esters is 1. The highest BCUT2D eigenvalue weighted by atomic mass is 16.5. The molecule has 0 saturated heterocycles. The molecule has 23 heavy (non-hydrogen) atoms. The van der Waals surface area contributed by atoms with Crippen LogP contribution in [0.25, 0.3) is 0 Å². The van der Waals surface area contributed by atoms with E-state index in [0.717, 1.165) is 25.7 Å². The molecule has 1 saturated carbocycles. The zero-order chi connectivity index (χ0) is 16.8. The van der Waals surface area contributed by atoms with Gasteiger partial charge in [-0.1, -0.05) is 12.8 Å². The first-order valence-corrected chi connectivity index (χ1v) is 7.92. The van der Waals surface area contributed by atoms with Crippen LogP contribution in [0.3, 0.4) is 0 Å². The van der Waals surface area contributed by atoms with Crippen LogP contribution in [0.1, 0.15) is 54.4 Å². The SMILES string of the molecule is CCOC(=O)CNC(=O)c1ccc(OC)c(C2CCCC2)c1O. The topological polar surface area (TPSA) is 84.9 Å². The van der Waals surface area contributed by atoms with E-state index in [2.05, 4.69) is 5.32 Å². The van der Waals surface area contributed by atoms with Gasteiger partial charge in [0.25, 0.3) is 5.91 Å². The van der Waals surface area contributed by atoms with Gasteiger partial charge in [0.15, 0.2) is 0 Å². The molecule has 0 bridgehead atoms. The summed E-state index contributed by atoms with van der Waals surface area (Å²) < 4.78 is 10.1. The molecular formula is C17H23NO5. The number of phenolic OH excluding ortho intramolecular Hbond substituents is 1. The van der Waals surface area contributed by atoms with Crippen molar-refractivity contribution < 1.29 is 24.2 Å². The summed E-state index contributed by atoms with van der Waals surface area (Å²) in [6.07, 6.45) is 4.15. The van der Waals surface area contributed by atoms with Crippen LogP contribution < -0.4 is 10.1 Å². The molecule has 1 aliphatic carbocycles. The third-order valence-corrected chi connectivity index (χ3v) is 4.10. The van der Waals surface area contributed by atoms with E-state index in [1.807, 2.05) is 0 Å². The molecule has 6 nitrogen and oxygen atoms in total. The van der Waals surface area contributed by atoms with Gasteiger partial charge in [0.05, 0.1) is 19.3 Å². The molecular weight excluding hydrogens is 298 g/mol. The van der Waals surface area contributed by atoms with Gasteiger partial charge < -0.3 is 19.9 Å². The highest BCUT2D eigenvalue weighted by molar-refractivity contribution is 5.99. The van der Waals surface area contributed by atoms with E-state index in [9.17, 15) is 14.7 Å². The van der Waals surface area contributed by atoms with E-state index in [-0.39, 0.29) is 30.4 Å². The number of benzene rings is 1. The molecule has 1 aromatic rings. The summed E-state index contributed by atoms with van der Waals surface area (Å²) in [5.74, 6) is -0.279. The number of hydrogen-bond acceptors (Lipinski definition) is 5. The van der Waals surface area contributed by atoms with Crippen LogP contribution in [0.15, 0.2) is 12.1 Å². The summed E-state index contributed by atoms with van der Waals surface area (Å²) >= 11 is 0. The van der Waals surface area contributed by atoms with Crippen molar-refractivity contribution in [2.24, 2.45) is 0 Å². The number of ether oxygens (including phenoxy) is 2. The fourth-order valence-electron chi connectivity index (χ4n) is 3.02. The minimum atomic E-state index is -0.509. The van der Waals surface area contributed by atoms with Crippen LogP contribution in [0.4, 0.5) is 0 Å². The van der Waals surface area contributed by atoms with Crippen LogP contribution in [-0.2, 0) is 9.53 Å². The quantitative estimate of drug-likeness (QED) is 0.786. The van der Waals surface area contributed by atoms with Gasteiger partial charge in [0.1, 0.15) is 18.0 Å². The molecule has 0 aromatic heterocycles. The Kier molecular flexibility index (Phi) is 5.84. The second kappa shape index (κ2) is 7.85. The minimum Gasteiger partial charge on any atom is -0.507 e. The first kappa shape index (κ1) is 17.1. The molecule has 1 amide bonds. The van der Waals surface area contributed by atoms with Crippen molar-refractivity contribution in [1.82, 2.24) is 5.32 Å². The van der Waals surface area contributed by atoms with Crippen LogP contribution in [0.5, 0.6) is 11.5 Å². The van der Waals surface area contributed by atoms with E-state index in [4.69, 9.17) is 9.47 Å². The predicted molar refractivity (Wildman–Crippen MR) is 84.8 cm³/mol. The van der Waals surface area contributed by atoms with E-state index < -0.39 is 11.9 Å². The average Bonchev–Trinajstić information content (AvgIpc) is 3.06. The molecule has 126 valence electrons. The maximum atomic E-state index is 12.2. The Hall–Kier alpha value is -2.24. The van der Waals surface area contributed by atoms with E-state index in [1.54, 1.807) is 20.1 Å². The molecule has 1 aromatic carbocycles. The molecule has 0 heterocycles. The Morgan fingerprint density at radius 2 is 2.00 bits per heavy atom. The number of methoxy groups -OCH3 is 1. The third-order valence-electron chi connectivity index (χ3n) is 4.10. The molecule has 0 aliphatic heterocycles. The molecule has 0 unspecified atom stereocenters. The Morgan fingerprint density at radius 3 is 2.61 bits per heavy atom. The lowest BCUT2D eigenvalue weighted by molar-refractivity contribution is -0.141. The van der Waals surface area contributed by atoms with Gasteiger partial charge in [-0.15, -0.1) is 0 Å². The van der Waals surface area contributed by atoms with E-state index in [1.165, 1.54) is 6.07 Å². The monoisotopic (exact) mass is 321 g/mol. The standard InChI is InChI=1S/C17H23NO5/c1-3-23-14(19)10-18-17(21)12-8-9-13(22-2)15(16(12)20)11-6-4-5-7-11/h8-9,11,20H,3-7,10H2,1-2H3,(H,18,21). The number of amides is 1. The Labute approximate surface area is 135 Å². The van der Waals surface area contributed by atoms with Crippen molar-refractivity contribution in [1.29, 1.82) is 0 Å². The second-order valence-electron chi connectivity index (χ2n) is 5.55. The average molecular weight is 321 g/mol. The number of aromatic hydroxyl groups is 1. The number of carbonyl (C=O) groups is 2. The fraction of sp³-hybridized carbons (Fsp3) is 0.529. The van der Waals surface area contributed by atoms with Gasteiger partial charge in [-0.2, -0.15) is 0 Å². The van der Waals surface area contributed by atoms with Crippen molar-refractivity contribution in [3.63, 3.8) is 0 Å². The molecule has 0 spiro atoms. The van der Waals surface area contributed by atoms with E-state index in [0.29, 0.717) is 11.3 Å². The Bertz CT molecular complexity index is 579. The largest absolute Gasteiger partial charge is 0.507 e. The summed E-state index contributed by atoms with van der Waals surface area (Å²) in [4.78, 5) is 23.5. The van der Waals surface area contributed by atoms with Gasteiger partial charge in [0.2, 0.25) is 0 Å². The molecule has 0 atom stereocenters. The normalized spacial score (nSPS) is 14.5. The maximum Gasteiger partial charge on any atom is 0.325 e. The van der Waals surface area contributed by atoms with Crippen molar-refractivity contribution >= 4 is 11.9 Å². The van der Waals surface area contributed by atoms with Crippen LogP contribution >= 0.6 is 0 Å². The third kappa shape index (κ3) is 3.94. The molecule has 2 N–H and O–H groups in total. The zero-order valence-electron chi connectivity index (χ0n) is 13.6. The first-order chi connectivity index (χ1) is 11.1. The summed E-state index contributed by atoms with van der Waals surface area (Å²) in [7, 11) is 1.55. The van der Waals surface area contributed by atoms with Gasteiger partial charge >= 0.3 is 5.97 Å². The molecule has 1 fully saturated rings. The van der Waals surface area contributed by atoms with Gasteiger partial charge in [0, 0.05) is 5.56 Å². The number of rotatable bonds is 6. The summed E-state index contributed by atoms with van der Waals surface area (Å²) in [6, 6.07) is 3.19. The predicted octanol–water partition coefficient (Wildman–Crippen LogP) is 2.35. The molecule has 0 radical (unpaired) electrons. The minimum absolute atomic E-state index is 0.0578. The number of carbonyl (C=O) groups excluding carboxylic acids is 2. The van der Waals surface area contributed by atoms with Gasteiger partial charge in [-0.05, 0) is 37.8 Å². The van der Waals surface area contributed by atoms with E-state index >= 15 is 0 Å². The number of hydrogen-bond donors (Lipinski definition) is 2. The lowest BCUT2D eigenvalue weighted by atomic mass is 9.93. The smallest absolute Gasteiger partial charge is 0.325 e. The number of phenols is 1. The highest BCUT2D eigenvalue weighted by Crippen LogP contribution is 2.44. The van der Waals surface area contributed by atoms with Crippen LogP contribution in [0.2, 0.25) is 0 Å². The Morgan fingerprint density at radius 1 is 1.30 bits per heavy atom. The second-order valence-corrected chi connectivity index (χ2v) is 5.55. The van der Waals surface area contributed by atoms with Crippen molar-refractivity contribution in [2.75, 3.05) is 20.3 Å². The van der Waals surface area contributed by atoms with Crippen molar-refractivity contribution in [3.05, 3.63) is 23.3 Å². The zero-order valence-corrected chi connectivity index (χ0v) is 13.6. The lowest BCUT2D eigenvalue weighted by Gasteiger charge is -2.18. The Balaban J connectivity index is 2.20. The first-order valence-electron chi connectivity index (χ1n) is 7.92. The van der Waals surface area contributed by atoms with Crippen LogP contribution in [-0.4, -0.2) is 37.2 Å². The maximum absolute atomic E-state index is 12.2. The highest BCUT2D eigenvalue weighted by Gasteiger charge is 2.27. The van der Waals surface area contributed by atoms with Gasteiger partial charge in [-0.3, -0.25) is 9.59 Å². The summed E-state index contributed by atoms with van der Waals surface area (Å²) in [5.41, 5.74) is 0.839. The fourth-order valence-corrected chi connectivity index (χ4v) is 3.02. The van der Waals surface area contributed by atoms with Crippen LogP contribution in [0, 0.1) is 0 Å². The van der Waals surface area contributed by atoms with Crippen molar-refractivity contribution in [3.8, 4) is 11.5 Å². The molecule has 6 heteroatoms. The molecule has 2 rings (SSSR count). The summed E-state index contributed by atoms with van der Waals surface area (Å²) in [6.45, 7) is 1.73. The number of nitrogens with one attached hydrogen (secondary N) is 1. The lowest BCUT2D eigenvalue weighted by Crippen LogP contribution is -2.30.